The fourth-order valence-corrected chi connectivity index (χ4v) is 9.09. The van der Waals surface area contributed by atoms with Gasteiger partial charge in [-0.25, -0.2) is 0 Å². The third kappa shape index (κ3) is 5.31. The van der Waals surface area contributed by atoms with Gasteiger partial charge in [0, 0.05) is 25.2 Å². The van der Waals surface area contributed by atoms with Crippen molar-refractivity contribution in [1.29, 1.82) is 0 Å². The van der Waals surface area contributed by atoms with E-state index in [1.807, 2.05) is 0 Å². The van der Waals surface area contributed by atoms with Gasteiger partial charge < -0.3 is 14.6 Å². The normalized spacial score (nSPS) is 39.6. The van der Waals surface area contributed by atoms with Crippen molar-refractivity contribution in [3.05, 3.63) is 23.8 Å². The maximum Gasteiger partial charge on any atom is 0.303 e. The Morgan fingerprint density at radius 2 is 1.81 bits per heavy atom. The highest BCUT2D eigenvalue weighted by molar-refractivity contribution is 5.67. The summed E-state index contributed by atoms with van der Waals surface area (Å²) in [6.45, 7) is 17.1. The first-order valence-electron chi connectivity index (χ1n) is 14.8. The van der Waals surface area contributed by atoms with Gasteiger partial charge in [0.15, 0.2) is 0 Å². The summed E-state index contributed by atoms with van der Waals surface area (Å²) in [7, 11) is 0. The Labute approximate surface area is 224 Å². The fraction of sp³-hybridized carbons (Fsp3) is 0.812. The highest BCUT2D eigenvalue weighted by atomic mass is 16.5. The highest BCUT2D eigenvalue weighted by Gasteiger charge is 2.63. The molecule has 37 heavy (non-hydrogen) atoms. The van der Waals surface area contributed by atoms with Gasteiger partial charge in [-0.1, -0.05) is 45.4 Å². The van der Waals surface area contributed by atoms with Crippen LogP contribution in [0.4, 0.5) is 0 Å². The number of aliphatic hydroxyl groups excluding tert-OH is 1. The van der Waals surface area contributed by atoms with Crippen LogP contribution in [-0.2, 0) is 19.1 Å². The molecule has 4 aliphatic carbocycles. The Morgan fingerprint density at radius 1 is 1.08 bits per heavy atom. The minimum atomic E-state index is -0.391. The van der Waals surface area contributed by atoms with Crippen LogP contribution in [0.5, 0.6) is 0 Å². The summed E-state index contributed by atoms with van der Waals surface area (Å²) >= 11 is 0. The summed E-state index contributed by atoms with van der Waals surface area (Å²) in [6.07, 6.45) is 10.5. The lowest BCUT2D eigenvalue weighted by atomic mass is 9.46. The van der Waals surface area contributed by atoms with Crippen LogP contribution >= 0.6 is 0 Å². The van der Waals surface area contributed by atoms with Gasteiger partial charge in [0.25, 0.3) is 0 Å². The number of carbonyl (C=O) groups excluding carboxylic acids is 2. The molecule has 5 nitrogen and oxygen atoms in total. The molecule has 0 unspecified atom stereocenters. The predicted octanol–water partition coefficient (Wildman–Crippen LogP) is 6.64. The molecule has 3 saturated carbocycles. The van der Waals surface area contributed by atoms with Crippen LogP contribution in [0.2, 0.25) is 0 Å². The molecule has 0 aromatic rings. The highest BCUT2D eigenvalue weighted by Crippen LogP contribution is 2.67. The number of hydrogen-bond acceptors (Lipinski definition) is 5. The van der Waals surface area contributed by atoms with Crippen LogP contribution in [0.25, 0.3) is 0 Å². The Hall–Kier alpha value is -1.62. The van der Waals surface area contributed by atoms with E-state index in [2.05, 4.69) is 40.3 Å². The minimum absolute atomic E-state index is 0.209. The van der Waals surface area contributed by atoms with E-state index in [1.165, 1.54) is 32.3 Å². The second-order valence-electron chi connectivity index (χ2n) is 13.4. The molecule has 0 amide bonds. The Bertz CT molecular complexity index is 920. The van der Waals surface area contributed by atoms with Crippen molar-refractivity contribution < 1.29 is 24.2 Å². The lowest BCUT2D eigenvalue weighted by molar-refractivity contribution is -0.165. The molecule has 208 valence electrons. The van der Waals surface area contributed by atoms with E-state index in [0.29, 0.717) is 36.7 Å². The number of esters is 2. The molecule has 9 atom stereocenters. The first-order valence-corrected chi connectivity index (χ1v) is 14.8. The van der Waals surface area contributed by atoms with Gasteiger partial charge >= 0.3 is 11.9 Å². The smallest absolute Gasteiger partial charge is 0.303 e. The maximum absolute atomic E-state index is 12.3. The standard InChI is InChI=1S/C32H50O5/c1-19(2)20(3)8-9-21(4)26-10-11-27-30-28(13-14-31(26,27)7)32(18-36-22(5)33)15-12-25(35)16-24(32)17-29(30)37-23(6)34/h17,19,21,25-30,35H,3,8-16,18H2,1-2,4-7H3/t21-,25+,26-,27+,28+,29+,30+,31-,32-/m1/s1. The van der Waals surface area contributed by atoms with Crippen LogP contribution in [0.1, 0.15) is 99.3 Å². The largest absolute Gasteiger partial charge is 0.465 e. The average molecular weight is 515 g/mol. The third-order valence-electron chi connectivity index (χ3n) is 11.1. The van der Waals surface area contributed by atoms with Gasteiger partial charge in [-0.3, -0.25) is 9.59 Å². The van der Waals surface area contributed by atoms with Gasteiger partial charge in [-0.05, 0) is 98.9 Å². The lowest BCUT2D eigenvalue weighted by Gasteiger charge is -2.60. The molecule has 5 heteroatoms. The summed E-state index contributed by atoms with van der Waals surface area (Å²) in [5, 5.41) is 10.6. The fourth-order valence-electron chi connectivity index (χ4n) is 9.09. The van der Waals surface area contributed by atoms with E-state index < -0.39 is 6.10 Å². The monoisotopic (exact) mass is 514 g/mol. The maximum atomic E-state index is 12.3. The molecule has 0 bridgehead atoms. The Kier molecular flexibility index (Phi) is 8.34. The first kappa shape index (κ1) is 28.4. The van der Waals surface area contributed by atoms with E-state index in [1.54, 1.807) is 0 Å². The van der Waals surface area contributed by atoms with E-state index in [4.69, 9.17) is 9.47 Å². The molecule has 0 radical (unpaired) electrons. The predicted molar refractivity (Wildman–Crippen MR) is 145 cm³/mol. The van der Waals surface area contributed by atoms with Crippen molar-refractivity contribution in [3.8, 4) is 0 Å². The second-order valence-corrected chi connectivity index (χ2v) is 13.4. The summed E-state index contributed by atoms with van der Waals surface area (Å²) < 4.78 is 11.8. The van der Waals surface area contributed by atoms with E-state index in [9.17, 15) is 14.7 Å². The zero-order chi connectivity index (χ0) is 27.1. The molecule has 0 aromatic heterocycles. The molecule has 0 spiro atoms. The molecule has 0 heterocycles. The van der Waals surface area contributed by atoms with Crippen molar-refractivity contribution in [2.45, 2.75) is 112 Å². The number of rotatable bonds is 8. The van der Waals surface area contributed by atoms with Crippen molar-refractivity contribution in [2.24, 2.45) is 46.3 Å². The molecule has 4 rings (SSSR count). The SMILES string of the molecule is C=C(CC[C@@H](C)[C@H]1CC[C@H]2[C@@H]3[C@@H](OC(C)=O)C=C4C[C@@H](O)CC[C@]4(COC(C)=O)[C@H]3CC[C@]12C)C(C)C. The van der Waals surface area contributed by atoms with Gasteiger partial charge in [-0.15, -0.1) is 0 Å². The van der Waals surface area contributed by atoms with Crippen LogP contribution in [0.15, 0.2) is 23.8 Å². The van der Waals surface area contributed by atoms with Crippen molar-refractivity contribution >= 4 is 11.9 Å². The summed E-state index contributed by atoms with van der Waals surface area (Å²) in [4.78, 5) is 24.2. The first-order chi connectivity index (χ1) is 17.4. The van der Waals surface area contributed by atoms with Crippen LogP contribution in [0.3, 0.4) is 0 Å². The van der Waals surface area contributed by atoms with E-state index in [-0.39, 0.29) is 40.7 Å². The topological polar surface area (TPSA) is 72.8 Å². The van der Waals surface area contributed by atoms with Gasteiger partial charge in [0.1, 0.15) is 12.7 Å². The second kappa shape index (κ2) is 10.9. The van der Waals surface area contributed by atoms with Crippen molar-refractivity contribution in [3.63, 3.8) is 0 Å². The number of allylic oxidation sites excluding steroid dienone is 1. The zero-order valence-corrected chi connectivity index (χ0v) is 24.1. The number of ether oxygens (including phenoxy) is 2. The molecule has 1 N–H and O–H groups in total. The van der Waals surface area contributed by atoms with Gasteiger partial charge in [0.05, 0.1) is 6.10 Å². The average Bonchev–Trinajstić information content (AvgIpc) is 3.18. The third-order valence-corrected chi connectivity index (χ3v) is 11.1. The summed E-state index contributed by atoms with van der Waals surface area (Å²) in [6, 6.07) is 0. The minimum Gasteiger partial charge on any atom is -0.465 e. The number of fused-ring (bicyclic) bond motifs is 5. The number of hydrogen-bond donors (Lipinski definition) is 1. The molecule has 0 saturated heterocycles. The van der Waals surface area contributed by atoms with Crippen molar-refractivity contribution in [1.82, 2.24) is 0 Å². The number of carbonyl (C=O) groups is 2. The quantitative estimate of drug-likeness (QED) is 0.290. The summed E-state index contributed by atoms with van der Waals surface area (Å²) in [5.41, 5.74) is 2.44. The van der Waals surface area contributed by atoms with Gasteiger partial charge in [0.2, 0.25) is 0 Å². The molecule has 3 fully saturated rings. The lowest BCUT2D eigenvalue weighted by Crippen LogP contribution is -2.57. The van der Waals surface area contributed by atoms with Gasteiger partial charge in [-0.2, -0.15) is 0 Å². The number of aliphatic hydroxyl groups is 1. The van der Waals surface area contributed by atoms with E-state index in [0.717, 1.165) is 44.1 Å². The van der Waals surface area contributed by atoms with Crippen LogP contribution in [0, 0.1) is 46.3 Å². The van der Waals surface area contributed by atoms with Crippen molar-refractivity contribution in [2.75, 3.05) is 6.61 Å². The Morgan fingerprint density at radius 3 is 2.46 bits per heavy atom. The molecule has 4 aliphatic rings. The molecule has 0 aliphatic heterocycles. The molecular weight excluding hydrogens is 464 g/mol. The molecule has 0 aromatic carbocycles. The zero-order valence-electron chi connectivity index (χ0n) is 24.1. The Balaban J connectivity index is 1.66. The van der Waals surface area contributed by atoms with E-state index >= 15 is 0 Å². The molecular formula is C32H50O5. The van der Waals surface area contributed by atoms with Crippen LogP contribution in [-0.4, -0.2) is 35.9 Å². The summed E-state index contributed by atoms with van der Waals surface area (Å²) in [5.74, 6) is 2.29. The van der Waals surface area contributed by atoms with Crippen LogP contribution < -0.4 is 0 Å².